The quantitative estimate of drug-likeness (QED) is 0.868. The SMILES string of the molecule is CNC(=O)C(C)(C)CNc1ccc(Br)cc1C(F)(F)F. The van der Waals surface area contributed by atoms with Crippen LogP contribution in [0.4, 0.5) is 18.9 Å². The predicted octanol–water partition coefficient (Wildman–Crippen LogP) is 3.65. The number of benzene rings is 1. The van der Waals surface area contributed by atoms with Crippen molar-refractivity contribution < 1.29 is 18.0 Å². The van der Waals surface area contributed by atoms with Gasteiger partial charge in [-0.15, -0.1) is 0 Å². The molecule has 0 aliphatic rings. The molecule has 0 radical (unpaired) electrons. The zero-order valence-electron chi connectivity index (χ0n) is 11.4. The molecule has 0 aliphatic heterocycles. The van der Waals surface area contributed by atoms with E-state index in [4.69, 9.17) is 0 Å². The smallest absolute Gasteiger partial charge is 0.383 e. The van der Waals surface area contributed by atoms with E-state index in [0.29, 0.717) is 4.47 Å². The number of amides is 1. The van der Waals surface area contributed by atoms with Crippen molar-refractivity contribution in [3.63, 3.8) is 0 Å². The van der Waals surface area contributed by atoms with E-state index in [9.17, 15) is 18.0 Å². The molecule has 0 aliphatic carbocycles. The molecule has 0 aromatic heterocycles. The highest BCUT2D eigenvalue weighted by atomic mass is 79.9. The molecule has 1 aromatic carbocycles. The van der Waals surface area contributed by atoms with Gasteiger partial charge in [0.1, 0.15) is 0 Å². The maximum atomic E-state index is 12.9. The Balaban J connectivity index is 2.97. The van der Waals surface area contributed by atoms with E-state index in [1.807, 2.05) is 0 Å². The molecule has 7 heteroatoms. The zero-order chi connectivity index (χ0) is 15.6. The highest BCUT2D eigenvalue weighted by Gasteiger charge is 2.34. The number of nitrogens with one attached hydrogen (secondary N) is 2. The highest BCUT2D eigenvalue weighted by Crippen LogP contribution is 2.36. The molecule has 20 heavy (non-hydrogen) atoms. The first kappa shape index (κ1) is 16.8. The molecule has 0 spiro atoms. The summed E-state index contributed by atoms with van der Waals surface area (Å²) in [6.45, 7) is 3.41. The Hall–Kier alpha value is -1.24. The summed E-state index contributed by atoms with van der Waals surface area (Å²) in [7, 11) is 1.49. The van der Waals surface area contributed by atoms with Crippen molar-refractivity contribution in [2.45, 2.75) is 20.0 Å². The van der Waals surface area contributed by atoms with Crippen molar-refractivity contribution >= 4 is 27.5 Å². The fraction of sp³-hybridized carbons (Fsp3) is 0.462. The third-order valence-corrected chi connectivity index (χ3v) is 3.34. The zero-order valence-corrected chi connectivity index (χ0v) is 12.9. The van der Waals surface area contributed by atoms with Crippen molar-refractivity contribution in [1.82, 2.24) is 5.32 Å². The average Bonchev–Trinajstić information content (AvgIpc) is 2.35. The Bertz CT molecular complexity index is 501. The van der Waals surface area contributed by atoms with E-state index in [1.165, 1.54) is 19.2 Å². The van der Waals surface area contributed by atoms with Crippen LogP contribution in [0.25, 0.3) is 0 Å². The van der Waals surface area contributed by atoms with Crippen LogP contribution in [-0.4, -0.2) is 19.5 Å². The van der Waals surface area contributed by atoms with Crippen LogP contribution in [0.15, 0.2) is 22.7 Å². The first-order valence-corrected chi connectivity index (χ1v) is 6.70. The lowest BCUT2D eigenvalue weighted by atomic mass is 9.92. The summed E-state index contributed by atoms with van der Waals surface area (Å²) in [4.78, 5) is 11.6. The number of carbonyl (C=O) groups is 1. The van der Waals surface area contributed by atoms with Crippen LogP contribution in [0.3, 0.4) is 0 Å². The lowest BCUT2D eigenvalue weighted by Crippen LogP contribution is -2.39. The standard InChI is InChI=1S/C13H16BrF3N2O/c1-12(2,11(20)18-3)7-19-10-5-4-8(14)6-9(10)13(15,16)17/h4-6,19H,7H2,1-3H3,(H,18,20). The fourth-order valence-electron chi connectivity index (χ4n) is 1.64. The Labute approximate surface area is 124 Å². The maximum Gasteiger partial charge on any atom is 0.418 e. The minimum absolute atomic E-state index is 0.0438. The minimum atomic E-state index is -4.46. The van der Waals surface area contributed by atoms with E-state index in [-0.39, 0.29) is 18.1 Å². The number of rotatable bonds is 4. The van der Waals surface area contributed by atoms with Crippen LogP contribution in [0.2, 0.25) is 0 Å². The first-order valence-electron chi connectivity index (χ1n) is 5.91. The van der Waals surface area contributed by atoms with Gasteiger partial charge in [-0.2, -0.15) is 13.2 Å². The number of anilines is 1. The molecule has 1 rings (SSSR count). The summed E-state index contributed by atoms with van der Waals surface area (Å²) in [5, 5.41) is 5.19. The van der Waals surface area contributed by atoms with Gasteiger partial charge < -0.3 is 10.6 Å². The maximum absolute atomic E-state index is 12.9. The first-order chi connectivity index (χ1) is 9.08. The summed E-state index contributed by atoms with van der Waals surface area (Å²) in [6, 6.07) is 3.87. The molecular formula is C13H16BrF3N2O. The molecule has 112 valence electrons. The van der Waals surface area contributed by atoms with Crippen LogP contribution in [0, 0.1) is 5.41 Å². The van der Waals surface area contributed by atoms with Gasteiger partial charge in [-0.25, -0.2) is 0 Å². The third kappa shape index (κ3) is 4.13. The monoisotopic (exact) mass is 352 g/mol. The molecule has 1 aromatic rings. The average molecular weight is 353 g/mol. The van der Waals surface area contributed by atoms with E-state index in [2.05, 4.69) is 26.6 Å². The van der Waals surface area contributed by atoms with E-state index < -0.39 is 17.2 Å². The van der Waals surface area contributed by atoms with Gasteiger partial charge in [0.15, 0.2) is 0 Å². The minimum Gasteiger partial charge on any atom is -0.383 e. The van der Waals surface area contributed by atoms with Crippen LogP contribution < -0.4 is 10.6 Å². The van der Waals surface area contributed by atoms with Crippen molar-refractivity contribution in [2.75, 3.05) is 18.9 Å². The molecule has 0 fully saturated rings. The summed E-state index contributed by atoms with van der Waals surface area (Å²) in [6.07, 6.45) is -4.46. The molecule has 0 unspecified atom stereocenters. The molecule has 0 saturated heterocycles. The molecular weight excluding hydrogens is 337 g/mol. The number of carbonyl (C=O) groups excluding carboxylic acids is 1. The summed E-state index contributed by atoms with van der Waals surface area (Å²) >= 11 is 3.02. The van der Waals surface area contributed by atoms with Gasteiger partial charge in [-0.1, -0.05) is 15.9 Å². The van der Waals surface area contributed by atoms with Gasteiger partial charge in [-0.05, 0) is 32.0 Å². The summed E-state index contributed by atoms with van der Waals surface area (Å²) < 4.78 is 39.1. The lowest BCUT2D eigenvalue weighted by molar-refractivity contribution is -0.137. The van der Waals surface area contributed by atoms with Crippen LogP contribution in [-0.2, 0) is 11.0 Å². The Morgan fingerprint density at radius 3 is 2.40 bits per heavy atom. The number of hydrogen-bond donors (Lipinski definition) is 2. The van der Waals surface area contributed by atoms with E-state index in [0.717, 1.165) is 6.07 Å². The lowest BCUT2D eigenvalue weighted by Gasteiger charge is -2.24. The normalized spacial score (nSPS) is 12.2. The summed E-state index contributed by atoms with van der Waals surface area (Å²) in [5.41, 5.74) is -1.62. The molecule has 3 nitrogen and oxygen atoms in total. The third-order valence-electron chi connectivity index (χ3n) is 2.85. The number of alkyl halides is 3. The molecule has 0 bridgehead atoms. The largest absolute Gasteiger partial charge is 0.418 e. The second kappa shape index (κ2) is 6.03. The van der Waals surface area contributed by atoms with Crippen LogP contribution in [0.1, 0.15) is 19.4 Å². The van der Waals surface area contributed by atoms with Crippen LogP contribution >= 0.6 is 15.9 Å². The topological polar surface area (TPSA) is 41.1 Å². The second-order valence-corrected chi connectivity index (χ2v) is 5.92. The molecule has 0 atom stereocenters. The van der Waals surface area contributed by atoms with E-state index in [1.54, 1.807) is 13.8 Å². The number of hydrogen-bond acceptors (Lipinski definition) is 2. The fourth-order valence-corrected chi connectivity index (χ4v) is 2.00. The van der Waals surface area contributed by atoms with Gasteiger partial charge in [0, 0.05) is 23.8 Å². The van der Waals surface area contributed by atoms with Crippen molar-refractivity contribution in [2.24, 2.45) is 5.41 Å². The molecule has 2 N–H and O–H groups in total. The van der Waals surface area contributed by atoms with Gasteiger partial charge in [0.05, 0.1) is 11.0 Å². The Morgan fingerprint density at radius 1 is 1.30 bits per heavy atom. The van der Waals surface area contributed by atoms with Crippen LogP contribution in [0.5, 0.6) is 0 Å². The van der Waals surface area contributed by atoms with Crippen molar-refractivity contribution in [3.8, 4) is 0 Å². The van der Waals surface area contributed by atoms with Crippen molar-refractivity contribution in [3.05, 3.63) is 28.2 Å². The molecule has 0 heterocycles. The molecule has 1 amide bonds. The second-order valence-electron chi connectivity index (χ2n) is 5.00. The Morgan fingerprint density at radius 2 is 1.90 bits per heavy atom. The van der Waals surface area contributed by atoms with Crippen molar-refractivity contribution in [1.29, 1.82) is 0 Å². The molecule has 0 saturated carbocycles. The van der Waals surface area contributed by atoms with E-state index >= 15 is 0 Å². The highest BCUT2D eigenvalue weighted by molar-refractivity contribution is 9.10. The van der Waals surface area contributed by atoms with Gasteiger partial charge >= 0.3 is 6.18 Å². The summed E-state index contributed by atoms with van der Waals surface area (Å²) in [5.74, 6) is -0.240. The Kier molecular flexibility index (Phi) is 5.07. The predicted molar refractivity (Wildman–Crippen MR) is 75.5 cm³/mol. The number of halogens is 4. The van der Waals surface area contributed by atoms with Gasteiger partial charge in [-0.3, -0.25) is 4.79 Å². The van der Waals surface area contributed by atoms with Gasteiger partial charge in [0.25, 0.3) is 0 Å². The van der Waals surface area contributed by atoms with Gasteiger partial charge in [0.2, 0.25) is 5.91 Å².